The van der Waals surface area contributed by atoms with Crippen LogP contribution in [0.1, 0.15) is 26.2 Å². The van der Waals surface area contributed by atoms with Gasteiger partial charge >= 0.3 is 6.03 Å². The molecule has 0 aromatic heterocycles. The van der Waals surface area contributed by atoms with Gasteiger partial charge in [-0.25, -0.2) is 9.18 Å². The van der Waals surface area contributed by atoms with Crippen LogP contribution in [0.4, 0.5) is 14.9 Å². The highest BCUT2D eigenvalue weighted by molar-refractivity contribution is 5.96. The van der Waals surface area contributed by atoms with Gasteiger partial charge in [0.05, 0.1) is 0 Å². The average molecular weight is 293 g/mol. The molecule has 1 saturated heterocycles. The number of carbonyl (C=O) groups is 2. The topological polar surface area (TPSA) is 66.6 Å². The van der Waals surface area contributed by atoms with Gasteiger partial charge in [-0.05, 0) is 50.5 Å². The zero-order valence-electron chi connectivity index (χ0n) is 12.3. The zero-order chi connectivity index (χ0) is 15.6. The van der Waals surface area contributed by atoms with Crippen molar-refractivity contribution in [1.29, 1.82) is 0 Å². The number of amides is 3. The molecule has 114 valence electrons. The van der Waals surface area contributed by atoms with Crippen LogP contribution in [0.15, 0.2) is 24.3 Å². The van der Waals surface area contributed by atoms with E-state index in [-0.39, 0.29) is 11.8 Å². The maximum Gasteiger partial charge on any atom is 0.325 e. The number of anilines is 1. The molecule has 1 aromatic rings. The highest BCUT2D eigenvalue weighted by Crippen LogP contribution is 2.29. The minimum Gasteiger partial charge on any atom is -0.368 e. The van der Waals surface area contributed by atoms with E-state index in [1.807, 2.05) is 0 Å². The first-order chi connectivity index (χ1) is 9.86. The maximum absolute atomic E-state index is 13.0. The number of halogens is 1. The van der Waals surface area contributed by atoms with E-state index >= 15 is 0 Å². The number of piperidine rings is 1. The van der Waals surface area contributed by atoms with E-state index in [2.05, 4.69) is 0 Å². The summed E-state index contributed by atoms with van der Waals surface area (Å²) < 4.78 is 13.0. The molecule has 0 radical (unpaired) electrons. The van der Waals surface area contributed by atoms with Crippen molar-refractivity contribution in [1.82, 2.24) is 4.90 Å². The van der Waals surface area contributed by atoms with Crippen molar-refractivity contribution in [3.63, 3.8) is 0 Å². The van der Waals surface area contributed by atoms with Crippen LogP contribution in [0, 0.1) is 5.82 Å². The summed E-state index contributed by atoms with van der Waals surface area (Å²) in [6.07, 6.45) is 2.26. The van der Waals surface area contributed by atoms with Crippen LogP contribution in [0.2, 0.25) is 0 Å². The lowest BCUT2D eigenvalue weighted by molar-refractivity contribution is -0.129. The largest absolute Gasteiger partial charge is 0.368 e. The van der Waals surface area contributed by atoms with Crippen molar-refractivity contribution in [2.24, 2.45) is 5.73 Å². The van der Waals surface area contributed by atoms with E-state index < -0.39 is 11.4 Å². The monoisotopic (exact) mass is 293 g/mol. The van der Waals surface area contributed by atoms with E-state index in [0.717, 1.165) is 12.8 Å². The van der Waals surface area contributed by atoms with E-state index in [0.29, 0.717) is 18.7 Å². The molecule has 21 heavy (non-hydrogen) atoms. The van der Waals surface area contributed by atoms with E-state index in [1.165, 1.54) is 34.1 Å². The highest BCUT2D eigenvalue weighted by atomic mass is 19.1. The summed E-state index contributed by atoms with van der Waals surface area (Å²) in [5.74, 6) is -0.859. The Morgan fingerprint density at radius 3 is 2.48 bits per heavy atom. The molecule has 1 heterocycles. The summed E-state index contributed by atoms with van der Waals surface area (Å²) in [6, 6.07) is 5.34. The van der Waals surface area contributed by atoms with E-state index in [4.69, 9.17) is 5.73 Å². The number of urea groups is 1. The number of rotatable bonds is 2. The van der Waals surface area contributed by atoms with Gasteiger partial charge in [0, 0.05) is 19.3 Å². The Bertz CT molecular complexity index is 546. The fourth-order valence-corrected chi connectivity index (χ4v) is 2.64. The summed E-state index contributed by atoms with van der Waals surface area (Å²) >= 11 is 0. The molecule has 6 heteroatoms. The predicted octanol–water partition coefficient (Wildman–Crippen LogP) is 2.11. The van der Waals surface area contributed by atoms with E-state index in [1.54, 1.807) is 14.0 Å². The average Bonchev–Trinajstić information content (AvgIpc) is 2.47. The molecule has 1 atom stereocenters. The Hall–Kier alpha value is -2.11. The Labute approximate surface area is 123 Å². The molecule has 1 aliphatic rings. The van der Waals surface area contributed by atoms with Crippen molar-refractivity contribution in [2.75, 3.05) is 18.5 Å². The van der Waals surface area contributed by atoms with Gasteiger partial charge in [0.15, 0.2) is 0 Å². The lowest BCUT2D eigenvalue weighted by atomic mass is 9.88. The van der Waals surface area contributed by atoms with Crippen molar-refractivity contribution < 1.29 is 14.0 Å². The normalized spacial score (nSPS) is 22.0. The third-order valence-corrected chi connectivity index (χ3v) is 4.15. The molecule has 2 N–H and O–H groups in total. The van der Waals surface area contributed by atoms with Gasteiger partial charge in [-0.2, -0.15) is 0 Å². The van der Waals surface area contributed by atoms with Gasteiger partial charge in [-0.3, -0.25) is 9.69 Å². The quantitative estimate of drug-likeness (QED) is 0.907. The molecule has 1 aromatic carbocycles. The first kappa shape index (κ1) is 15.3. The maximum atomic E-state index is 13.0. The highest BCUT2D eigenvalue weighted by Gasteiger charge is 2.43. The molecule has 3 amide bonds. The van der Waals surface area contributed by atoms with Gasteiger partial charge in [0.1, 0.15) is 11.4 Å². The van der Waals surface area contributed by atoms with Gasteiger partial charge in [0.2, 0.25) is 5.91 Å². The van der Waals surface area contributed by atoms with Crippen molar-refractivity contribution in [2.45, 2.75) is 31.7 Å². The fourth-order valence-electron chi connectivity index (χ4n) is 2.64. The van der Waals surface area contributed by atoms with Crippen LogP contribution in [0.5, 0.6) is 0 Å². The fraction of sp³-hybridized carbons (Fsp3) is 0.467. The molecule has 0 unspecified atom stereocenters. The van der Waals surface area contributed by atoms with Crippen LogP contribution < -0.4 is 10.6 Å². The molecule has 0 bridgehead atoms. The van der Waals surface area contributed by atoms with Gasteiger partial charge in [0.25, 0.3) is 0 Å². The number of benzene rings is 1. The Morgan fingerprint density at radius 2 is 1.90 bits per heavy atom. The summed E-state index contributed by atoms with van der Waals surface area (Å²) in [4.78, 5) is 27.3. The Kier molecular flexibility index (Phi) is 4.16. The number of hydrogen-bond acceptors (Lipinski definition) is 2. The first-order valence-electron chi connectivity index (χ1n) is 6.97. The summed E-state index contributed by atoms with van der Waals surface area (Å²) in [7, 11) is 1.60. The predicted molar refractivity (Wildman–Crippen MR) is 78.4 cm³/mol. The van der Waals surface area contributed by atoms with Crippen molar-refractivity contribution in [3.05, 3.63) is 30.1 Å². The number of nitrogens with two attached hydrogens (primary N) is 1. The summed E-state index contributed by atoms with van der Waals surface area (Å²) in [6.45, 7) is 2.19. The number of carbonyl (C=O) groups excluding carboxylic acids is 2. The second kappa shape index (κ2) is 5.71. The molecule has 0 aliphatic carbocycles. The van der Waals surface area contributed by atoms with E-state index in [9.17, 15) is 14.0 Å². The van der Waals surface area contributed by atoms with Gasteiger partial charge in [-0.15, -0.1) is 0 Å². The summed E-state index contributed by atoms with van der Waals surface area (Å²) in [5.41, 5.74) is 5.09. The standard InChI is InChI=1S/C15H20FN3O2/c1-15(13(17)20)9-3-4-10-19(15)14(21)18(2)12-7-5-11(16)6-8-12/h5-8H,3-4,9-10H2,1-2H3,(H2,17,20)/t15-/m1/s1. The third kappa shape index (κ3) is 2.84. The van der Waals surface area contributed by atoms with Gasteiger partial charge < -0.3 is 10.6 Å². The van der Waals surface area contributed by atoms with Crippen LogP contribution >= 0.6 is 0 Å². The van der Waals surface area contributed by atoms with Crippen molar-refractivity contribution in [3.8, 4) is 0 Å². The summed E-state index contributed by atoms with van der Waals surface area (Å²) in [5, 5.41) is 0. The minimum absolute atomic E-state index is 0.303. The Morgan fingerprint density at radius 1 is 1.29 bits per heavy atom. The number of likely N-dealkylation sites (tertiary alicyclic amines) is 1. The van der Waals surface area contributed by atoms with Crippen LogP contribution in [-0.2, 0) is 4.79 Å². The van der Waals surface area contributed by atoms with Crippen LogP contribution in [-0.4, -0.2) is 36.0 Å². The Balaban J connectivity index is 2.24. The molecular formula is C15H20FN3O2. The second-order valence-corrected chi connectivity index (χ2v) is 5.56. The second-order valence-electron chi connectivity index (χ2n) is 5.56. The number of hydrogen-bond donors (Lipinski definition) is 1. The first-order valence-corrected chi connectivity index (χ1v) is 6.97. The van der Waals surface area contributed by atoms with Crippen LogP contribution in [0.25, 0.3) is 0 Å². The van der Waals surface area contributed by atoms with Crippen LogP contribution in [0.3, 0.4) is 0 Å². The third-order valence-electron chi connectivity index (χ3n) is 4.15. The molecule has 1 fully saturated rings. The van der Waals surface area contributed by atoms with Crippen molar-refractivity contribution >= 4 is 17.6 Å². The molecule has 2 rings (SSSR count). The van der Waals surface area contributed by atoms with Gasteiger partial charge in [-0.1, -0.05) is 0 Å². The SMILES string of the molecule is CN(C(=O)N1CCCC[C@]1(C)C(N)=O)c1ccc(F)cc1. The minimum atomic E-state index is -0.969. The number of nitrogens with zero attached hydrogens (tertiary/aromatic N) is 2. The molecule has 5 nitrogen and oxygen atoms in total. The number of primary amides is 1. The molecular weight excluding hydrogens is 273 g/mol. The lowest BCUT2D eigenvalue weighted by Gasteiger charge is -2.43. The smallest absolute Gasteiger partial charge is 0.325 e. The molecule has 0 spiro atoms. The zero-order valence-corrected chi connectivity index (χ0v) is 12.3. The molecule has 1 aliphatic heterocycles. The molecule has 0 saturated carbocycles. The lowest BCUT2D eigenvalue weighted by Crippen LogP contribution is -2.62.